The van der Waals surface area contributed by atoms with Crippen LogP contribution in [0.25, 0.3) is 0 Å². The lowest BCUT2D eigenvalue weighted by Crippen LogP contribution is -2.39. The summed E-state index contributed by atoms with van der Waals surface area (Å²) in [5, 5.41) is 18.1. The lowest BCUT2D eigenvalue weighted by molar-refractivity contribution is 0.154. The zero-order valence-electron chi connectivity index (χ0n) is 15.5. The SMILES string of the molecule is CCn1nc(C)c(CNCc2cccnc2N2CCC[C@@H](O)C2)c1C. The molecule has 0 radical (unpaired) electrons. The third-order valence-electron chi connectivity index (χ3n) is 5.01. The first-order valence-corrected chi connectivity index (χ1v) is 9.20. The van der Waals surface area contributed by atoms with Crippen molar-refractivity contribution in [3.8, 4) is 0 Å². The molecule has 25 heavy (non-hydrogen) atoms. The maximum Gasteiger partial charge on any atom is 0.133 e. The number of pyridine rings is 1. The van der Waals surface area contributed by atoms with E-state index in [9.17, 15) is 5.11 Å². The predicted molar refractivity (Wildman–Crippen MR) is 99.6 cm³/mol. The van der Waals surface area contributed by atoms with E-state index in [2.05, 4.69) is 51.8 Å². The number of hydrogen-bond donors (Lipinski definition) is 2. The lowest BCUT2D eigenvalue weighted by Gasteiger charge is -2.32. The second-order valence-corrected chi connectivity index (χ2v) is 6.80. The van der Waals surface area contributed by atoms with Gasteiger partial charge in [-0.2, -0.15) is 5.10 Å². The Bertz CT molecular complexity index is 712. The molecule has 1 aliphatic heterocycles. The van der Waals surface area contributed by atoms with Gasteiger partial charge in [0, 0.05) is 55.7 Å². The van der Waals surface area contributed by atoms with Crippen LogP contribution in [0, 0.1) is 13.8 Å². The molecule has 1 fully saturated rings. The van der Waals surface area contributed by atoms with Gasteiger partial charge in [-0.05, 0) is 39.7 Å². The molecule has 0 unspecified atom stereocenters. The van der Waals surface area contributed by atoms with Crippen molar-refractivity contribution < 1.29 is 5.11 Å². The van der Waals surface area contributed by atoms with E-state index in [1.807, 2.05) is 12.3 Å². The molecule has 1 saturated heterocycles. The predicted octanol–water partition coefficient (Wildman–Crippen LogP) is 2.17. The molecule has 0 aromatic carbocycles. The minimum atomic E-state index is -0.248. The van der Waals surface area contributed by atoms with Gasteiger partial charge in [0.05, 0.1) is 11.8 Å². The summed E-state index contributed by atoms with van der Waals surface area (Å²) in [4.78, 5) is 6.78. The Labute approximate surface area is 149 Å². The summed E-state index contributed by atoms with van der Waals surface area (Å²) in [7, 11) is 0. The standard InChI is InChI=1S/C19H29N5O/c1-4-24-15(3)18(14(2)22-24)12-20-11-16-7-5-9-21-19(16)23-10-6-8-17(25)13-23/h5,7,9,17,20,25H,4,6,8,10-13H2,1-3H3/t17-/m1/s1. The summed E-state index contributed by atoms with van der Waals surface area (Å²) < 4.78 is 2.05. The van der Waals surface area contributed by atoms with Crippen LogP contribution in [0.5, 0.6) is 0 Å². The van der Waals surface area contributed by atoms with Crippen LogP contribution >= 0.6 is 0 Å². The Hall–Kier alpha value is -1.92. The van der Waals surface area contributed by atoms with Crippen molar-refractivity contribution in [2.75, 3.05) is 18.0 Å². The maximum atomic E-state index is 9.95. The van der Waals surface area contributed by atoms with Crippen molar-refractivity contribution in [1.29, 1.82) is 0 Å². The highest BCUT2D eigenvalue weighted by Gasteiger charge is 2.20. The summed E-state index contributed by atoms with van der Waals surface area (Å²) >= 11 is 0. The van der Waals surface area contributed by atoms with Crippen LogP contribution in [-0.2, 0) is 19.6 Å². The summed E-state index contributed by atoms with van der Waals surface area (Å²) in [6, 6.07) is 4.10. The molecule has 3 rings (SSSR count). The highest BCUT2D eigenvalue weighted by molar-refractivity contribution is 5.47. The summed E-state index contributed by atoms with van der Waals surface area (Å²) in [6.07, 6.45) is 3.48. The molecule has 2 aromatic rings. The summed E-state index contributed by atoms with van der Waals surface area (Å²) in [5.74, 6) is 0.992. The highest BCUT2D eigenvalue weighted by Crippen LogP contribution is 2.22. The molecule has 2 N–H and O–H groups in total. The first-order chi connectivity index (χ1) is 12.1. The van der Waals surface area contributed by atoms with Crippen LogP contribution in [0.4, 0.5) is 5.82 Å². The van der Waals surface area contributed by atoms with Gasteiger partial charge < -0.3 is 15.3 Å². The maximum absolute atomic E-state index is 9.95. The van der Waals surface area contributed by atoms with E-state index in [1.54, 1.807) is 0 Å². The second kappa shape index (κ2) is 7.97. The number of hydrogen-bond acceptors (Lipinski definition) is 5. The molecule has 0 amide bonds. The zero-order chi connectivity index (χ0) is 17.8. The van der Waals surface area contributed by atoms with Crippen molar-refractivity contribution in [3.05, 3.63) is 40.8 Å². The third-order valence-corrected chi connectivity index (χ3v) is 5.01. The van der Waals surface area contributed by atoms with Gasteiger partial charge in [0.1, 0.15) is 5.82 Å². The van der Waals surface area contributed by atoms with E-state index < -0.39 is 0 Å². The van der Waals surface area contributed by atoms with E-state index in [0.29, 0.717) is 6.54 Å². The normalized spacial score (nSPS) is 17.9. The molecule has 3 heterocycles. The van der Waals surface area contributed by atoms with Crippen LogP contribution in [0.15, 0.2) is 18.3 Å². The van der Waals surface area contributed by atoms with E-state index in [4.69, 9.17) is 0 Å². The number of aromatic nitrogens is 3. The number of rotatable bonds is 6. The number of β-amino-alcohol motifs (C(OH)–C–C–N with tert-alkyl or cyclic N) is 1. The quantitative estimate of drug-likeness (QED) is 0.841. The first kappa shape index (κ1) is 17.9. The van der Waals surface area contributed by atoms with E-state index >= 15 is 0 Å². The zero-order valence-corrected chi connectivity index (χ0v) is 15.5. The fourth-order valence-corrected chi connectivity index (χ4v) is 3.62. The summed E-state index contributed by atoms with van der Waals surface area (Å²) in [6.45, 7) is 10.4. The molecule has 0 bridgehead atoms. The number of aliphatic hydroxyl groups is 1. The molecule has 0 spiro atoms. The van der Waals surface area contributed by atoms with Crippen molar-refractivity contribution >= 4 is 5.82 Å². The van der Waals surface area contributed by atoms with Gasteiger partial charge in [0.2, 0.25) is 0 Å². The minimum Gasteiger partial charge on any atom is -0.391 e. The van der Waals surface area contributed by atoms with Gasteiger partial charge in [-0.25, -0.2) is 4.98 Å². The molecule has 6 nitrogen and oxygen atoms in total. The summed E-state index contributed by atoms with van der Waals surface area (Å²) in [5.41, 5.74) is 4.78. The van der Waals surface area contributed by atoms with E-state index in [-0.39, 0.29) is 6.10 Å². The Morgan fingerprint density at radius 1 is 1.32 bits per heavy atom. The molecule has 0 aliphatic carbocycles. The van der Waals surface area contributed by atoms with Gasteiger partial charge in [0.25, 0.3) is 0 Å². The van der Waals surface area contributed by atoms with Crippen molar-refractivity contribution in [1.82, 2.24) is 20.1 Å². The largest absolute Gasteiger partial charge is 0.391 e. The van der Waals surface area contributed by atoms with Crippen molar-refractivity contribution in [2.45, 2.75) is 59.4 Å². The number of aryl methyl sites for hydroxylation is 2. The van der Waals surface area contributed by atoms with Crippen molar-refractivity contribution in [3.63, 3.8) is 0 Å². The van der Waals surface area contributed by atoms with Crippen LogP contribution in [0.1, 0.15) is 42.3 Å². The molecule has 1 atom stereocenters. The van der Waals surface area contributed by atoms with Gasteiger partial charge >= 0.3 is 0 Å². The number of nitrogens with zero attached hydrogens (tertiary/aromatic N) is 4. The van der Waals surface area contributed by atoms with Crippen LogP contribution in [0.2, 0.25) is 0 Å². The monoisotopic (exact) mass is 343 g/mol. The lowest BCUT2D eigenvalue weighted by atomic mass is 10.1. The third kappa shape index (κ3) is 4.02. The fourth-order valence-electron chi connectivity index (χ4n) is 3.62. The number of aliphatic hydroxyl groups excluding tert-OH is 1. The number of anilines is 1. The van der Waals surface area contributed by atoms with Crippen molar-refractivity contribution in [2.24, 2.45) is 0 Å². The number of piperidine rings is 1. The highest BCUT2D eigenvalue weighted by atomic mass is 16.3. The molecular formula is C19H29N5O. The Morgan fingerprint density at radius 3 is 2.88 bits per heavy atom. The fraction of sp³-hybridized carbons (Fsp3) is 0.579. The van der Waals surface area contributed by atoms with Crippen LogP contribution < -0.4 is 10.2 Å². The molecule has 2 aromatic heterocycles. The second-order valence-electron chi connectivity index (χ2n) is 6.80. The van der Waals surface area contributed by atoms with E-state index in [1.165, 1.54) is 16.8 Å². The van der Waals surface area contributed by atoms with Crippen LogP contribution in [-0.4, -0.2) is 39.1 Å². The first-order valence-electron chi connectivity index (χ1n) is 9.20. The average molecular weight is 343 g/mol. The Balaban J connectivity index is 1.67. The molecule has 0 saturated carbocycles. The van der Waals surface area contributed by atoms with Gasteiger partial charge in [-0.1, -0.05) is 6.07 Å². The smallest absolute Gasteiger partial charge is 0.133 e. The number of nitrogens with one attached hydrogen (secondary N) is 1. The van der Waals surface area contributed by atoms with Gasteiger partial charge in [-0.3, -0.25) is 4.68 Å². The average Bonchev–Trinajstić information content (AvgIpc) is 2.89. The van der Waals surface area contributed by atoms with Gasteiger partial charge in [0.15, 0.2) is 0 Å². The van der Waals surface area contributed by atoms with Crippen LogP contribution in [0.3, 0.4) is 0 Å². The molecule has 6 heteroatoms. The Morgan fingerprint density at radius 2 is 2.16 bits per heavy atom. The molecular weight excluding hydrogens is 314 g/mol. The van der Waals surface area contributed by atoms with Gasteiger partial charge in [-0.15, -0.1) is 0 Å². The van der Waals surface area contributed by atoms with E-state index in [0.717, 1.165) is 50.5 Å². The Kier molecular flexibility index (Phi) is 5.71. The minimum absolute atomic E-state index is 0.248. The topological polar surface area (TPSA) is 66.2 Å². The molecule has 1 aliphatic rings. The molecule has 136 valence electrons.